The number of unbranched alkanes of at least 4 members (excludes halogenated alkanes) is 2. The Morgan fingerprint density at radius 1 is 0.944 bits per heavy atom. The molecule has 4 amide bonds. The molecule has 2 aromatic rings. The first-order valence-corrected chi connectivity index (χ1v) is 20.0. The molecule has 0 saturated heterocycles. The van der Waals surface area contributed by atoms with Crippen LogP contribution in [0, 0.1) is 11.8 Å². The lowest BCUT2D eigenvalue weighted by molar-refractivity contribution is -0.138. The Morgan fingerprint density at radius 3 is 2.33 bits per heavy atom. The summed E-state index contributed by atoms with van der Waals surface area (Å²) in [5.74, 6) is -0.153. The van der Waals surface area contributed by atoms with Gasteiger partial charge in [0.25, 0.3) is 5.91 Å². The third-order valence-electron chi connectivity index (χ3n) is 10.7. The van der Waals surface area contributed by atoms with Crippen molar-refractivity contribution in [3.63, 3.8) is 0 Å². The van der Waals surface area contributed by atoms with E-state index in [-0.39, 0.29) is 60.7 Å². The number of benzene rings is 2. The maximum Gasteiger partial charge on any atom is 0.258 e. The number of anilines is 3. The van der Waals surface area contributed by atoms with Crippen LogP contribution in [0.4, 0.5) is 17.1 Å². The predicted octanol–water partition coefficient (Wildman–Crippen LogP) is 6.63. The van der Waals surface area contributed by atoms with Crippen LogP contribution in [0.1, 0.15) is 115 Å². The molecule has 54 heavy (non-hydrogen) atoms. The topological polar surface area (TPSA) is 164 Å². The summed E-state index contributed by atoms with van der Waals surface area (Å²) in [5, 5.41) is 16.0. The van der Waals surface area contributed by atoms with Gasteiger partial charge < -0.3 is 40.7 Å². The van der Waals surface area contributed by atoms with E-state index in [4.69, 9.17) is 15.2 Å². The summed E-state index contributed by atoms with van der Waals surface area (Å²) in [6.07, 6.45) is 9.69. The molecule has 5 N–H and O–H groups in total. The van der Waals surface area contributed by atoms with Gasteiger partial charge >= 0.3 is 0 Å². The van der Waals surface area contributed by atoms with E-state index in [1.54, 1.807) is 47.1 Å². The molecule has 0 bridgehead atoms. The van der Waals surface area contributed by atoms with Gasteiger partial charge in [-0.25, -0.2) is 0 Å². The number of likely N-dealkylation sites (N-methyl/N-ethyl adjacent to an activating group) is 1. The second-order valence-corrected chi connectivity index (χ2v) is 15.3. The van der Waals surface area contributed by atoms with Gasteiger partial charge in [0.1, 0.15) is 5.75 Å². The summed E-state index contributed by atoms with van der Waals surface area (Å²) in [4.78, 5) is 56.6. The van der Waals surface area contributed by atoms with Gasteiger partial charge in [0.2, 0.25) is 17.7 Å². The van der Waals surface area contributed by atoms with Crippen molar-refractivity contribution in [1.29, 1.82) is 0 Å². The zero-order valence-corrected chi connectivity index (χ0v) is 32.8. The highest BCUT2D eigenvalue weighted by Crippen LogP contribution is 2.30. The second kappa shape index (κ2) is 21.7. The van der Waals surface area contributed by atoms with Crippen LogP contribution in [-0.4, -0.2) is 90.1 Å². The number of rotatable bonds is 13. The highest BCUT2D eigenvalue weighted by molar-refractivity contribution is 6.00. The van der Waals surface area contributed by atoms with Crippen LogP contribution in [-0.2, 0) is 19.1 Å². The van der Waals surface area contributed by atoms with Crippen molar-refractivity contribution < 1.29 is 33.8 Å². The number of hydrogen-bond acceptors (Lipinski definition) is 8. The van der Waals surface area contributed by atoms with Gasteiger partial charge in [-0.15, -0.1) is 0 Å². The molecule has 2 aliphatic rings. The number of hydrogen-bond donors (Lipinski definition) is 4. The van der Waals surface area contributed by atoms with Gasteiger partial charge in [-0.2, -0.15) is 0 Å². The van der Waals surface area contributed by atoms with Gasteiger partial charge in [-0.05, 0) is 89.1 Å². The molecule has 12 nitrogen and oxygen atoms in total. The summed E-state index contributed by atoms with van der Waals surface area (Å²) in [7, 11) is 1.85. The number of amides is 4. The highest BCUT2D eigenvalue weighted by Gasteiger charge is 2.32. The molecule has 1 aliphatic carbocycles. The fraction of sp³-hybridized carbons (Fsp3) is 0.619. The number of aliphatic hydroxyl groups excluding tert-OH is 1. The van der Waals surface area contributed by atoms with Crippen molar-refractivity contribution in [1.82, 2.24) is 9.80 Å². The van der Waals surface area contributed by atoms with Crippen LogP contribution in [0.3, 0.4) is 0 Å². The van der Waals surface area contributed by atoms with Crippen LogP contribution in [0.2, 0.25) is 0 Å². The van der Waals surface area contributed by atoms with Crippen molar-refractivity contribution in [3.8, 4) is 5.75 Å². The highest BCUT2D eigenvalue weighted by atomic mass is 16.5. The number of para-hydroxylation sites is 2. The Hall–Kier alpha value is -4.16. The summed E-state index contributed by atoms with van der Waals surface area (Å²) in [5.41, 5.74) is 7.78. The number of nitrogens with two attached hydrogens (primary N) is 1. The molecule has 1 aliphatic heterocycles. The van der Waals surface area contributed by atoms with Crippen LogP contribution >= 0.6 is 0 Å². The largest absolute Gasteiger partial charge is 0.490 e. The quantitative estimate of drug-likeness (QED) is 0.131. The minimum Gasteiger partial charge on any atom is -0.490 e. The van der Waals surface area contributed by atoms with Crippen molar-refractivity contribution in [3.05, 3.63) is 48.0 Å². The Balaban J connectivity index is 1.42. The number of carbonyl (C=O) groups is 4. The van der Waals surface area contributed by atoms with Crippen LogP contribution in [0.25, 0.3) is 0 Å². The summed E-state index contributed by atoms with van der Waals surface area (Å²) < 4.78 is 12.8. The second-order valence-electron chi connectivity index (χ2n) is 15.3. The summed E-state index contributed by atoms with van der Waals surface area (Å²) >= 11 is 0. The van der Waals surface area contributed by atoms with E-state index >= 15 is 0 Å². The standard InChI is InChI=1S/C42H63N5O7/c1-29-26-47(30(2)28-48)42(52)34-25-33(44-39(49)20-9-6-10-21-40(50)45-36-19-12-11-18-35(36)43)22-23-37(34)54-31(3)15-13-14-24-53-38(29)27-46(4)41(51)32-16-7-5-8-17-32/h11-12,18-19,22-23,25,29-32,38,48H,5-10,13-17,20-21,24,26-28,43H2,1-4H3,(H,44,49)(H,45,50)/t29-,30+,31+,38-/m0/s1. The van der Waals surface area contributed by atoms with Gasteiger partial charge in [0.05, 0.1) is 41.8 Å². The fourth-order valence-electron chi connectivity index (χ4n) is 7.28. The number of fused-ring (bicyclic) bond motifs is 1. The zero-order chi connectivity index (χ0) is 39.0. The number of carbonyl (C=O) groups excluding carboxylic acids is 4. The molecule has 0 radical (unpaired) electrons. The van der Waals surface area contributed by atoms with Gasteiger partial charge in [0, 0.05) is 57.1 Å². The van der Waals surface area contributed by atoms with E-state index in [0.717, 1.165) is 44.9 Å². The number of nitrogens with one attached hydrogen (secondary N) is 2. The molecule has 0 spiro atoms. The number of aliphatic hydroxyl groups is 1. The number of nitrogen functional groups attached to an aromatic ring is 1. The Kier molecular flexibility index (Phi) is 17.1. The lowest BCUT2D eigenvalue weighted by Crippen LogP contribution is -2.48. The lowest BCUT2D eigenvalue weighted by Gasteiger charge is -2.36. The number of ether oxygens (including phenoxy) is 2. The molecule has 298 valence electrons. The summed E-state index contributed by atoms with van der Waals surface area (Å²) in [6, 6.07) is 11.7. The normalized spacial score (nSPS) is 20.9. The monoisotopic (exact) mass is 749 g/mol. The zero-order valence-electron chi connectivity index (χ0n) is 32.8. The molecule has 4 atom stereocenters. The average Bonchev–Trinajstić information content (AvgIpc) is 3.16. The van der Waals surface area contributed by atoms with E-state index in [9.17, 15) is 24.3 Å². The first-order chi connectivity index (χ1) is 26.0. The Bertz CT molecular complexity index is 1530. The van der Waals surface area contributed by atoms with E-state index < -0.39 is 6.04 Å². The fourth-order valence-corrected chi connectivity index (χ4v) is 7.28. The molecule has 2 aromatic carbocycles. The molecule has 0 unspecified atom stereocenters. The van der Waals surface area contributed by atoms with Crippen LogP contribution < -0.4 is 21.1 Å². The van der Waals surface area contributed by atoms with Crippen molar-refractivity contribution in [2.45, 2.75) is 122 Å². The molecule has 1 fully saturated rings. The van der Waals surface area contributed by atoms with Gasteiger partial charge in [-0.1, -0.05) is 44.7 Å². The molecule has 0 aromatic heterocycles. The molecular weight excluding hydrogens is 686 g/mol. The van der Waals surface area contributed by atoms with Crippen molar-refractivity contribution >= 4 is 40.7 Å². The SMILES string of the molecule is C[C@@H]1CCCCO[C@@H](CN(C)C(=O)C2CCCCC2)[C@@H](C)CN([C@H](C)CO)C(=O)c2cc(NC(=O)CCCCCC(=O)Nc3ccccc3N)ccc2O1. The first kappa shape index (κ1) is 42.6. The maximum atomic E-state index is 14.5. The Morgan fingerprint density at radius 2 is 1.63 bits per heavy atom. The smallest absolute Gasteiger partial charge is 0.258 e. The minimum absolute atomic E-state index is 0.0526. The molecule has 1 saturated carbocycles. The van der Waals surface area contributed by atoms with E-state index in [0.29, 0.717) is 73.8 Å². The van der Waals surface area contributed by atoms with Gasteiger partial charge in [-0.3, -0.25) is 19.2 Å². The molecule has 1 heterocycles. The van der Waals surface area contributed by atoms with E-state index in [1.165, 1.54) is 6.42 Å². The van der Waals surface area contributed by atoms with Crippen LogP contribution in [0.15, 0.2) is 42.5 Å². The molecule has 4 rings (SSSR count). The summed E-state index contributed by atoms with van der Waals surface area (Å²) in [6.45, 7) is 6.82. The molecular formula is C42H63N5O7. The van der Waals surface area contributed by atoms with Crippen molar-refractivity contribution in [2.75, 3.05) is 49.7 Å². The Labute approximate surface area is 321 Å². The average molecular weight is 750 g/mol. The predicted molar refractivity (Wildman–Crippen MR) is 212 cm³/mol. The van der Waals surface area contributed by atoms with Crippen molar-refractivity contribution in [2.24, 2.45) is 11.8 Å². The third-order valence-corrected chi connectivity index (χ3v) is 10.7. The van der Waals surface area contributed by atoms with Gasteiger partial charge in [0.15, 0.2) is 0 Å². The van der Waals surface area contributed by atoms with Crippen LogP contribution in [0.5, 0.6) is 5.75 Å². The number of nitrogens with zero attached hydrogens (tertiary/aromatic N) is 2. The minimum atomic E-state index is -0.509. The lowest BCUT2D eigenvalue weighted by atomic mass is 9.88. The molecule has 12 heteroatoms. The third kappa shape index (κ3) is 13.0. The van der Waals surface area contributed by atoms with E-state index in [1.807, 2.05) is 33.0 Å². The maximum absolute atomic E-state index is 14.5. The van der Waals surface area contributed by atoms with E-state index in [2.05, 4.69) is 10.6 Å². The first-order valence-electron chi connectivity index (χ1n) is 20.0.